The highest BCUT2D eigenvalue weighted by molar-refractivity contribution is 5.92. The molecule has 0 saturated heterocycles. The Bertz CT molecular complexity index is 596. The lowest BCUT2D eigenvalue weighted by Gasteiger charge is -2.10. The molecule has 96 valence electrons. The molecule has 0 spiro atoms. The van der Waals surface area contributed by atoms with Gasteiger partial charge in [-0.3, -0.25) is 9.36 Å². The third-order valence-electron chi connectivity index (χ3n) is 2.45. The van der Waals surface area contributed by atoms with Crippen molar-refractivity contribution in [3.8, 4) is 0 Å². The van der Waals surface area contributed by atoms with Gasteiger partial charge in [0.2, 0.25) is 0 Å². The molecule has 1 atom stereocenters. The lowest BCUT2D eigenvalue weighted by Crippen LogP contribution is -2.29. The first-order valence-electron chi connectivity index (χ1n) is 5.23. The third kappa shape index (κ3) is 2.07. The van der Waals surface area contributed by atoms with E-state index in [1.807, 2.05) is 0 Å². The molecule has 2 aromatic heterocycles. The summed E-state index contributed by atoms with van der Waals surface area (Å²) in [5.41, 5.74) is 6.30. The number of carbonyl (C=O) groups excluding carboxylic acids is 1. The number of ether oxygens (including phenoxy) is 1. The van der Waals surface area contributed by atoms with Gasteiger partial charge in [-0.05, 0) is 6.92 Å². The Hall–Kier alpha value is -2.28. The van der Waals surface area contributed by atoms with Gasteiger partial charge in [-0.25, -0.2) is 4.79 Å². The zero-order valence-corrected chi connectivity index (χ0v) is 9.62. The van der Waals surface area contributed by atoms with Crippen molar-refractivity contribution in [1.29, 1.82) is 0 Å². The molecule has 0 amide bonds. The standard InChI is InChI=1S/C11H12N2O5/c1-6(12)11(16)18-5-13-7-2-3-17-9(7)4-8(13)10(14)15/h2-4,6H,5,12H2,1H3,(H,14,15)/t6-/m0/s1. The molecular formula is C11H12N2O5. The molecule has 7 nitrogen and oxygen atoms in total. The highest BCUT2D eigenvalue weighted by Gasteiger charge is 2.18. The minimum Gasteiger partial charge on any atom is -0.477 e. The second-order valence-corrected chi connectivity index (χ2v) is 3.81. The Morgan fingerprint density at radius 2 is 2.33 bits per heavy atom. The molecule has 0 fully saturated rings. The number of esters is 1. The molecule has 0 aliphatic rings. The minimum atomic E-state index is -1.13. The molecule has 18 heavy (non-hydrogen) atoms. The lowest BCUT2D eigenvalue weighted by molar-refractivity contribution is -0.148. The zero-order chi connectivity index (χ0) is 13.3. The smallest absolute Gasteiger partial charge is 0.352 e. The summed E-state index contributed by atoms with van der Waals surface area (Å²) in [7, 11) is 0. The highest BCUT2D eigenvalue weighted by atomic mass is 16.5. The SMILES string of the molecule is C[C@H](N)C(=O)OCn1c(C(=O)O)cc2occc21. The maximum Gasteiger partial charge on any atom is 0.352 e. The van der Waals surface area contributed by atoms with E-state index < -0.39 is 18.0 Å². The number of nitrogens with two attached hydrogens (primary N) is 1. The number of hydrogen-bond donors (Lipinski definition) is 2. The number of carboxylic acids is 1. The predicted molar refractivity (Wildman–Crippen MR) is 60.9 cm³/mol. The van der Waals surface area contributed by atoms with Crippen LogP contribution < -0.4 is 5.73 Å². The second kappa shape index (κ2) is 4.53. The van der Waals surface area contributed by atoms with Gasteiger partial charge in [0, 0.05) is 12.1 Å². The summed E-state index contributed by atoms with van der Waals surface area (Å²) in [5, 5.41) is 9.03. The molecule has 7 heteroatoms. The van der Waals surface area contributed by atoms with Gasteiger partial charge in [-0.15, -0.1) is 0 Å². The van der Waals surface area contributed by atoms with Crippen LogP contribution in [0.15, 0.2) is 22.8 Å². The summed E-state index contributed by atoms with van der Waals surface area (Å²) < 4.78 is 11.3. The number of carbonyl (C=O) groups is 2. The summed E-state index contributed by atoms with van der Waals surface area (Å²) in [4.78, 5) is 22.3. The van der Waals surface area contributed by atoms with Crippen LogP contribution in [0.5, 0.6) is 0 Å². The number of furan rings is 1. The van der Waals surface area contributed by atoms with Crippen molar-refractivity contribution in [2.75, 3.05) is 0 Å². The normalized spacial score (nSPS) is 12.6. The molecule has 0 saturated carbocycles. The molecule has 2 aromatic rings. The third-order valence-corrected chi connectivity index (χ3v) is 2.45. The van der Waals surface area contributed by atoms with Crippen molar-refractivity contribution < 1.29 is 23.8 Å². The minimum absolute atomic E-state index is 0.0122. The van der Waals surface area contributed by atoms with Gasteiger partial charge in [0.05, 0.1) is 11.8 Å². The molecule has 0 aliphatic heterocycles. The van der Waals surface area contributed by atoms with Gasteiger partial charge in [0.15, 0.2) is 12.3 Å². The first-order valence-corrected chi connectivity index (χ1v) is 5.23. The van der Waals surface area contributed by atoms with Crippen LogP contribution in [0.3, 0.4) is 0 Å². The van der Waals surface area contributed by atoms with E-state index in [0.29, 0.717) is 11.1 Å². The first-order chi connectivity index (χ1) is 8.50. The highest BCUT2D eigenvalue weighted by Crippen LogP contribution is 2.21. The monoisotopic (exact) mass is 252 g/mol. The van der Waals surface area contributed by atoms with E-state index in [4.69, 9.17) is 20.0 Å². The van der Waals surface area contributed by atoms with Crippen molar-refractivity contribution in [2.24, 2.45) is 5.73 Å². The van der Waals surface area contributed by atoms with E-state index >= 15 is 0 Å². The van der Waals surface area contributed by atoms with Crippen LogP contribution in [0.25, 0.3) is 11.1 Å². The molecule has 0 unspecified atom stereocenters. The summed E-state index contributed by atoms with van der Waals surface area (Å²) in [6, 6.07) is 2.22. The number of hydrogen-bond acceptors (Lipinski definition) is 5. The Kier molecular flexibility index (Phi) is 3.07. The van der Waals surface area contributed by atoms with E-state index in [-0.39, 0.29) is 12.4 Å². The van der Waals surface area contributed by atoms with Crippen molar-refractivity contribution >= 4 is 23.0 Å². The maximum absolute atomic E-state index is 11.3. The van der Waals surface area contributed by atoms with Crippen molar-refractivity contribution in [1.82, 2.24) is 4.57 Å². The number of aromatic carboxylic acids is 1. The summed E-state index contributed by atoms with van der Waals surface area (Å²) in [5.74, 6) is -1.73. The summed E-state index contributed by atoms with van der Waals surface area (Å²) in [6.45, 7) is 1.27. The molecule has 3 N–H and O–H groups in total. The van der Waals surface area contributed by atoms with Gasteiger partial charge in [0.25, 0.3) is 0 Å². The van der Waals surface area contributed by atoms with Crippen molar-refractivity contribution in [3.05, 3.63) is 24.1 Å². The number of nitrogens with zero attached hydrogens (tertiary/aromatic N) is 1. The first kappa shape index (κ1) is 12.2. The predicted octanol–water partition coefficient (Wildman–Crippen LogP) is 0.780. The van der Waals surface area contributed by atoms with Crippen LogP contribution in [0.2, 0.25) is 0 Å². The Morgan fingerprint density at radius 3 is 2.94 bits per heavy atom. The summed E-state index contributed by atoms with van der Waals surface area (Å²) in [6.07, 6.45) is 1.43. The van der Waals surface area contributed by atoms with E-state index in [0.717, 1.165) is 0 Å². The Morgan fingerprint density at radius 1 is 1.61 bits per heavy atom. The zero-order valence-electron chi connectivity index (χ0n) is 9.62. The fourth-order valence-corrected chi connectivity index (χ4v) is 1.55. The fraction of sp³-hybridized carbons (Fsp3) is 0.273. The number of fused-ring (bicyclic) bond motifs is 1. The Balaban J connectivity index is 2.30. The fourth-order valence-electron chi connectivity index (χ4n) is 1.55. The van der Waals surface area contributed by atoms with E-state index in [2.05, 4.69) is 0 Å². The van der Waals surface area contributed by atoms with Gasteiger partial charge in [-0.1, -0.05) is 0 Å². The molecule has 0 aliphatic carbocycles. The van der Waals surface area contributed by atoms with E-state index in [1.54, 1.807) is 6.07 Å². The topological polar surface area (TPSA) is 108 Å². The second-order valence-electron chi connectivity index (χ2n) is 3.81. The van der Waals surface area contributed by atoms with Crippen LogP contribution in [0, 0.1) is 0 Å². The molecule has 0 radical (unpaired) electrons. The molecule has 2 rings (SSSR count). The van der Waals surface area contributed by atoms with Gasteiger partial charge >= 0.3 is 11.9 Å². The van der Waals surface area contributed by atoms with E-state index in [1.165, 1.54) is 23.8 Å². The largest absolute Gasteiger partial charge is 0.477 e. The maximum atomic E-state index is 11.3. The quantitative estimate of drug-likeness (QED) is 0.778. The average molecular weight is 252 g/mol. The van der Waals surface area contributed by atoms with Gasteiger partial charge < -0.3 is 20.0 Å². The van der Waals surface area contributed by atoms with Crippen LogP contribution in [0.4, 0.5) is 0 Å². The average Bonchev–Trinajstić information content (AvgIpc) is 2.85. The number of aromatic nitrogens is 1. The lowest BCUT2D eigenvalue weighted by atomic mass is 10.4. The van der Waals surface area contributed by atoms with Crippen LogP contribution in [-0.4, -0.2) is 27.7 Å². The van der Waals surface area contributed by atoms with Crippen LogP contribution in [-0.2, 0) is 16.3 Å². The number of rotatable bonds is 4. The molecule has 2 heterocycles. The Labute approximate surface area is 102 Å². The van der Waals surface area contributed by atoms with Crippen molar-refractivity contribution in [3.63, 3.8) is 0 Å². The molecule has 0 bridgehead atoms. The summed E-state index contributed by atoms with van der Waals surface area (Å²) >= 11 is 0. The molecular weight excluding hydrogens is 240 g/mol. The van der Waals surface area contributed by atoms with Gasteiger partial charge in [-0.2, -0.15) is 0 Å². The van der Waals surface area contributed by atoms with E-state index in [9.17, 15) is 9.59 Å². The van der Waals surface area contributed by atoms with Gasteiger partial charge in [0.1, 0.15) is 11.7 Å². The van der Waals surface area contributed by atoms with Crippen molar-refractivity contribution in [2.45, 2.75) is 19.7 Å². The molecule has 0 aromatic carbocycles. The number of carboxylic acid groups (broad SMARTS) is 1. The van der Waals surface area contributed by atoms with Crippen LogP contribution in [0.1, 0.15) is 17.4 Å². The van der Waals surface area contributed by atoms with Crippen LogP contribution >= 0.6 is 0 Å².